The quantitative estimate of drug-likeness (QED) is 0.452. The first-order valence-corrected chi connectivity index (χ1v) is 8.01. The molecule has 0 aliphatic heterocycles. The maximum Gasteiger partial charge on any atom is 0.376 e. The molecule has 2 aromatic carbocycles. The van der Waals surface area contributed by atoms with Gasteiger partial charge in [0.15, 0.2) is 0 Å². The van der Waals surface area contributed by atoms with Crippen molar-refractivity contribution in [3.63, 3.8) is 0 Å². The lowest BCUT2D eigenvalue weighted by Crippen LogP contribution is -2.21. The molecule has 2 aromatic heterocycles. The molecule has 0 amide bonds. The highest BCUT2D eigenvalue weighted by atomic mass is 16.6. The van der Waals surface area contributed by atoms with Gasteiger partial charge in [0.1, 0.15) is 5.65 Å². The van der Waals surface area contributed by atoms with Gasteiger partial charge in [-0.25, -0.2) is 4.98 Å². The van der Waals surface area contributed by atoms with Gasteiger partial charge in [-0.15, -0.1) is 0 Å². The number of nitrogens with one attached hydrogen (secondary N) is 1. The van der Waals surface area contributed by atoms with E-state index < -0.39 is 16.2 Å². The predicted octanol–water partition coefficient (Wildman–Crippen LogP) is 3.37. The highest BCUT2D eigenvalue weighted by molar-refractivity contribution is 5.85. The summed E-state index contributed by atoms with van der Waals surface area (Å²) in [4.78, 5) is 27.4. The molecule has 4 rings (SSSR count). The molecule has 0 aliphatic carbocycles. The van der Waals surface area contributed by atoms with Crippen LogP contribution in [0.15, 0.2) is 71.7 Å². The fraction of sp³-hybridized carbons (Fsp3) is 0.0526. The van der Waals surface area contributed by atoms with Crippen molar-refractivity contribution in [3.05, 3.63) is 92.9 Å². The minimum Gasteiger partial charge on any atom is -0.360 e. The van der Waals surface area contributed by atoms with E-state index >= 15 is 0 Å². The van der Waals surface area contributed by atoms with Crippen molar-refractivity contribution in [2.75, 3.05) is 5.32 Å². The minimum atomic E-state index is -0.707. The number of aromatic nitrogens is 2. The zero-order valence-electron chi connectivity index (χ0n) is 13.6. The third-order valence-electron chi connectivity index (χ3n) is 4.22. The molecule has 0 saturated heterocycles. The fourth-order valence-electron chi connectivity index (χ4n) is 2.99. The molecule has 2 heterocycles. The number of hydrogen-bond donors (Lipinski definition) is 1. The molecule has 26 heavy (non-hydrogen) atoms. The van der Waals surface area contributed by atoms with E-state index in [0.29, 0.717) is 12.2 Å². The molecule has 7 nitrogen and oxygen atoms in total. The Labute approximate surface area is 147 Å². The molecular formula is C19H14N4O3. The lowest BCUT2D eigenvalue weighted by atomic mass is 10.0. The number of fused-ring (bicyclic) bond motifs is 2. The summed E-state index contributed by atoms with van der Waals surface area (Å²) in [5, 5.41) is 16.5. The minimum absolute atomic E-state index is 0.0286. The normalized spacial score (nSPS) is 10.9. The number of benzene rings is 2. The Morgan fingerprint density at radius 3 is 2.65 bits per heavy atom. The van der Waals surface area contributed by atoms with Crippen LogP contribution in [0.25, 0.3) is 16.4 Å². The van der Waals surface area contributed by atoms with Gasteiger partial charge in [-0.1, -0.05) is 48.5 Å². The number of nitrogens with zero attached hydrogens (tertiary/aromatic N) is 3. The third-order valence-corrected chi connectivity index (χ3v) is 4.22. The van der Waals surface area contributed by atoms with Crippen molar-refractivity contribution < 1.29 is 4.92 Å². The van der Waals surface area contributed by atoms with Crippen molar-refractivity contribution in [2.24, 2.45) is 0 Å². The number of rotatable bonds is 4. The SMILES string of the molecule is O=c1c([N+](=O)[O-])c(NCc2cccc3ccccc23)nc2ccccn12. The maximum atomic E-state index is 12.5. The molecular weight excluding hydrogens is 332 g/mol. The molecule has 4 aromatic rings. The number of anilines is 1. The monoisotopic (exact) mass is 346 g/mol. The highest BCUT2D eigenvalue weighted by Gasteiger charge is 2.23. The zero-order chi connectivity index (χ0) is 18.1. The summed E-state index contributed by atoms with van der Waals surface area (Å²) >= 11 is 0. The van der Waals surface area contributed by atoms with Crippen LogP contribution in [0.4, 0.5) is 11.5 Å². The van der Waals surface area contributed by atoms with Crippen LogP contribution in [0.3, 0.4) is 0 Å². The first-order valence-electron chi connectivity index (χ1n) is 8.01. The van der Waals surface area contributed by atoms with Gasteiger partial charge < -0.3 is 5.32 Å². The summed E-state index contributed by atoms with van der Waals surface area (Å²) in [5.41, 5.74) is 0.0472. The fourth-order valence-corrected chi connectivity index (χ4v) is 2.99. The molecule has 7 heteroatoms. The summed E-state index contributed by atoms with van der Waals surface area (Å²) in [6.45, 7) is 0.317. The zero-order valence-corrected chi connectivity index (χ0v) is 13.6. The molecule has 1 N–H and O–H groups in total. The summed E-state index contributed by atoms with van der Waals surface area (Å²) in [7, 11) is 0. The van der Waals surface area contributed by atoms with Gasteiger partial charge in [0.05, 0.1) is 4.92 Å². The Hall–Kier alpha value is -3.74. The first-order chi connectivity index (χ1) is 12.6. The lowest BCUT2D eigenvalue weighted by Gasteiger charge is -2.10. The molecule has 0 atom stereocenters. The number of pyridine rings is 1. The van der Waals surface area contributed by atoms with Crippen LogP contribution in [0.1, 0.15) is 5.56 Å². The van der Waals surface area contributed by atoms with Gasteiger partial charge in [0.2, 0.25) is 5.82 Å². The van der Waals surface area contributed by atoms with Gasteiger partial charge >= 0.3 is 11.2 Å². The second-order valence-electron chi connectivity index (χ2n) is 5.79. The standard InChI is InChI=1S/C19H14N4O3/c24-19-17(23(25)26)18(21-16-10-3-4-11-22(16)19)20-12-14-8-5-7-13-6-1-2-9-15(13)14/h1-11,20H,12H2. The van der Waals surface area contributed by atoms with Crippen LogP contribution in [0, 0.1) is 10.1 Å². The maximum absolute atomic E-state index is 12.5. The van der Waals surface area contributed by atoms with Crippen LogP contribution in [-0.2, 0) is 6.54 Å². The smallest absolute Gasteiger partial charge is 0.360 e. The topological polar surface area (TPSA) is 89.5 Å². The van der Waals surface area contributed by atoms with Gasteiger partial charge in [0, 0.05) is 12.7 Å². The summed E-state index contributed by atoms with van der Waals surface area (Å²) < 4.78 is 1.17. The van der Waals surface area contributed by atoms with Crippen molar-refractivity contribution in [1.29, 1.82) is 0 Å². The Bertz CT molecular complexity index is 1190. The lowest BCUT2D eigenvalue weighted by molar-refractivity contribution is -0.385. The summed E-state index contributed by atoms with van der Waals surface area (Å²) in [6, 6.07) is 18.7. The highest BCUT2D eigenvalue weighted by Crippen LogP contribution is 2.22. The average Bonchev–Trinajstić information content (AvgIpc) is 2.66. The molecule has 0 saturated carbocycles. The van der Waals surface area contributed by atoms with Crippen LogP contribution in [0.5, 0.6) is 0 Å². The van der Waals surface area contributed by atoms with Gasteiger partial charge in [-0.2, -0.15) is 0 Å². The molecule has 0 aliphatic rings. The second-order valence-corrected chi connectivity index (χ2v) is 5.79. The average molecular weight is 346 g/mol. The Kier molecular flexibility index (Phi) is 3.81. The van der Waals surface area contributed by atoms with E-state index in [2.05, 4.69) is 10.3 Å². The Morgan fingerprint density at radius 2 is 1.81 bits per heavy atom. The van der Waals surface area contributed by atoms with E-state index in [1.807, 2.05) is 42.5 Å². The Morgan fingerprint density at radius 1 is 1.04 bits per heavy atom. The van der Waals surface area contributed by atoms with Crippen molar-refractivity contribution in [1.82, 2.24) is 9.38 Å². The van der Waals surface area contributed by atoms with E-state index in [0.717, 1.165) is 16.3 Å². The number of nitro groups is 1. The first kappa shape index (κ1) is 15.8. The summed E-state index contributed by atoms with van der Waals surface area (Å²) in [6.07, 6.45) is 1.46. The van der Waals surface area contributed by atoms with E-state index in [9.17, 15) is 14.9 Å². The predicted molar refractivity (Wildman–Crippen MR) is 99.4 cm³/mol. The Balaban J connectivity index is 1.78. The third kappa shape index (κ3) is 2.65. The van der Waals surface area contributed by atoms with Crippen LogP contribution < -0.4 is 10.9 Å². The second kappa shape index (κ2) is 6.29. The van der Waals surface area contributed by atoms with Gasteiger partial charge in [0.25, 0.3) is 0 Å². The largest absolute Gasteiger partial charge is 0.376 e. The van der Waals surface area contributed by atoms with Crippen molar-refractivity contribution in [2.45, 2.75) is 6.54 Å². The number of hydrogen-bond acceptors (Lipinski definition) is 5. The van der Waals surface area contributed by atoms with Crippen molar-refractivity contribution >= 4 is 27.9 Å². The van der Waals surface area contributed by atoms with Crippen LogP contribution in [-0.4, -0.2) is 14.3 Å². The summed E-state index contributed by atoms with van der Waals surface area (Å²) in [5.74, 6) is -0.0286. The van der Waals surface area contributed by atoms with E-state index in [4.69, 9.17) is 0 Å². The van der Waals surface area contributed by atoms with Gasteiger partial charge in [-0.3, -0.25) is 19.3 Å². The molecule has 0 radical (unpaired) electrons. The van der Waals surface area contributed by atoms with Crippen LogP contribution >= 0.6 is 0 Å². The molecule has 0 unspecified atom stereocenters. The van der Waals surface area contributed by atoms with E-state index in [1.54, 1.807) is 18.2 Å². The van der Waals surface area contributed by atoms with Crippen molar-refractivity contribution in [3.8, 4) is 0 Å². The molecule has 0 fully saturated rings. The van der Waals surface area contributed by atoms with E-state index in [-0.39, 0.29) is 5.82 Å². The van der Waals surface area contributed by atoms with Gasteiger partial charge in [-0.05, 0) is 28.5 Å². The molecule has 0 bridgehead atoms. The van der Waals surface area contributed by atoms with E-state index in [1.165, 1.54) is 10.6 Å². The molecule has 128 valence electrons. The molecule has 0 spiro atoms. The van der Waals surface area contributed by atoms with Crippen LogP contribution in [0.2, 0.25) is 0 Å².